The SMILES string of the molecule is CCC(C)CCCCCCCCCCC(=O)OC(COC(=O)CCCCCCCCCCC(C)C)CO[Si](C)(C)C. The minimum absolute atomic E-state index is 0.0858. The molecule has 2 atom stereocenters. The van der Waals surface area contributed by atoms with Gasteiger partial charge in [-0.1, -0.05) is 137 Å². The van der Waals surface area contributed by atoms with Crippen molar-refractivity contribution >= 4 is 20.3 Å². The summed E-state index contributed by atoms with van der Waals surface area (Å²) in [7, 11) is -1.77. The van der Waals surface area contributed by atoms with Crippen molar-refractivity contribution in [3.63, 3.8) is 0 Å². The second-order valence-electron chi connectivity index (χ2n) is 13.9. The van der Waals surface area contributed by atoms with Crippen LogP contribution in [-0.2, 0) is 23.5 Å². The molecule has 0 radical (unpaired) electrons. The maximum atomic E-state index is 12.5. The highest BCUT2D eigenvalue weighted by Gasteiger charge is 2.22. The summed E-state index contributed by atoms with van der Waals surface area (Å²) in [4.78, 5) is 24.8. The zero-order valence-electron chi connectivity index (χ0n) is 28.5. The lowest BCUT2D eigenvalue weighted by atomic mass is 9.99. The summed E-state index contributed by atoms with van der Waals surface area (Å²) in [6, 6.07) is 0. The number of carbonyl (C=O) groups excluding carboxylic acids is 2. The maximum absolute atomic E-state index is 12.5. The Morgan fingerprint density at radius 3 is 1.49 bits per heavy atom. The molecule has 0 saturated carbocycles. The first-order valence-electron chi connectivity index (χ1n) is 17.5. The Labute approximate surface area is 256 Å². The molecule has 5 nitrogen and oxygen atoms in total. The van der Waals surface area contributed by atoms with Gasteiger partial charge in [-0.2, -0.15) is 0 Å². The predicted molar refractivity (Wildman–Crippen MR) is 177 cm³/mol. The molecule has 0 amide bonds. The van der Waals surface area contributed by atoms with E-state index in [1.165, 1.54) is 96.3 Å². The molecular weight excluding hydrogens is 528 g/mol. The molecule has 0 saturated heterocycles. The van der Waals surface area contributed by atoms with Crippen LogP contribution in [0, 0.1) is 11.8 Å². The van der Waals surface area contributed by atoms with Gasteiger partial charge in [0.2, 0.25) is 0 Å². The second kappa shape index (κ2) is 26.7. The smallest absolute Gasteiger partial charge is 0.306 e. The average Bonchev–Trinajstić information content (AvgIpc) is 2.91. The van der Waals surface area contributed by atoms with Gasteiger partial charge in [-0.25, -0.2) is 0 Å². The zero-order chi connectivity index (χ0) is 30.8. The Kier molecular flexibility index (Phi) is 26.1. The number of hydrogen-bond acceptors (Lipinski definition) is 5. The molecule has 0 fully saturated rings. The fraction of sp³-hybridized carbons (Fsp3) is 0.943. The highest BCUT2D eigenvalue weighted by molar-refractivity contribution is 6.69. The number of ether oxygens (including phenoxy) is 2. The highest BCUT2D eigenvalue weighted by atomic mass is 28.4. The van der Waals surface area contributed by atoms with Crippen molar-refractivity contribution in [2.45, 2.75) is 188 Å². The van der Waals surface area contributed by atoms with Gasteiger partial charge in [0.25, 0.3) is 0 Å². The van der Waals surface area contributed by atoms with E-state index in [2.05, 4.69) is 47.3 Å². The fourth-order valence-corrected chi connectivity index (χ4v) is 5.56. The lowest BCUT2D eigenvalue weighted by molar-refractivity contribution is -0.161. The number of carbonyl (C=O) groups is 2. The van der Waals surface area contributed by atoms with Crippen LogP contribution in [0.4, 0.5) is 0 Å². The Morgan fingerprint density at radius 2 is 1.02 bits per heavy atom. The molecule has 6 heteroatoms. The van der Waals surface area contributed by atoms with Crippen molar-refractivity contribution in [3.8, 4) is 0 Å². The third-order valence-electron chi connectivity index (χ3n) is 7.87. The van der Waals surface area contributed by atoms with Crippen LogP contribution < -0.4 is 0 Å². The Morgan fingerprint density at radius 1 is 0.585 bits per heavy atom. The van der Waals surface area contributed by atoms with E-state index in [1.54, 1.807) is 0 Å². The van der Waals surface area contributed by atoms with Gasteiger partial charge < -0.3 is 13.9 Å². The van der Waals surface area contributed by atoms with Gasteiger partial charge in [0.1, 0.15) is 6.61 Å². The fourth-order valence-electron chi connectivity index (χ4n) is 4.87. The predicted octanol–water partition coefficient (Wildman–Crippen LogP) is 10.8. The van der Waals surface area contributed by atoms with Gasteiger partial charge in [0.05, 0.1) is 6.61 Å². The van der Waals surface area contributed by atoms with Gasteiger partial charge in [-0.05, 0) is 44.3 Å². The molecule has 0 aromatic carbocycles. The van der Waals surface area contributed by atoms with Crippen molar-refractivity contribution < 1.29 is 23.5 Å². The maximum Gasteiger partial charge on any atom is 0.306 e. The summed E-state index contributed by atoms with van der Waals surface area (Å²) in [5.74, 6) is 1.27. The first kappa shape index (κ1) is 40.1. The Bertz CT molecular complexity index is 616. The zero-order valence-corrected chi connectivity index (χ0v) is 29.5. The summed E-state index contributed by atoms with van der Waals surface area (Å²) < 4.78 is 17.2. The van der Waals surface area contributed by atoms with E-state index in [0.717, 1.165) is 37.5 Å². The molecule has 41 heavy (non-hydrogen) atoms. The molecule has 0 aliphatic rings. The van der Waals surface area contributed by atoms with Crippen molar-refractivity contribution in [3.05, 3.63) is 0 Å². The van der Waals surface area contributed by atoms with Gasteiger partial charge in [-0.3, -0.25) is 9.59 Å². The van der Waals surface area contributed by atoms with Gasteiger partial charge in [-0.15, -0.1) is 0 Å². The number of rotatable bonds is 29. The van der Waals surface area contributed by atoms with E-state index in [1.807, 2.05) is 0 Å². The van der Waals surface area contributed by atoms with E-state index in [0.29, 0.717) is 19.4 Å². The van der Waals surface area contributed by atoms with Crippen molar-refractivity contribution in [2.24, 2.45) is 11.8 Å². The van der Waals surface area contributed by atoms with Crippen LogP contribution >= 0.6 is 0 Å². The summed E-state index contributed by atoms with van der Waals surface area (Å²) in [6.45, 7) is 15.9. The average molecular weight is 599 g/mol. The second-order valence-corrected chi connectivity index (χ2v) is 18.4. The molecule has 0 aromatic rings. The van der Waals surface area contributed by atoms with Crippen LogP contribution in [0.25, 0.3) is 0 Å². The minimum Gasteiger partial charge on any atom is -0.462 e. The Hall–Kier alpha value is -0.883. The van der Waals surface area contributed by atoms with E-state index in [9.17, 15) is 9.59 Å². The summed E-state index contributed by atoms with van der Waals surface area (Å²) >= 11 is 0. The molecular formula is C35H70O5Si. The molecule has 2 unspecified atom stereocenters. The lowest BCUT2D eigenvalue weighted by Crippen LogP contribution is -2.35. The van der Waals surface area contributed by atoms with Crippen LogP contribution in [-0.4, -0.2) is 39.6 Å². The van der Waals surface area contributed by atoms with E-state index in [-0.39, 0.29) is 18.5 Å². The topological polar surface area (TPSA) is 61.8 Å². The minimum atomic E-state index is -1.77. The first-order chi connectivity index (χ1) is 19.5. The van der Waals surface area contributed by atoms with Crippen LogP contribution in [0.15, 0.2) is 0 Å². The molecule has 0 bridgehead atoms. The van der Waals surface area contributed by atoms with Crippen molar-refractivity contribution in [1.29, 1.82) is 0 Å². The summed E-state index contributed by atoms with van der Waals surface area (Å²) in [5.41, 5.74) is 0. The van der Waals surface area contributed by atoms with Crippen LogP contribution in [0.2, 0.25) is 19.6 Å². The van der Waals surface area contributed by atoms with Crippen molar-refractivity contribution in [1.82, 2.24) is 0 Å². The van der Waals surface area contributed by atoms with Gasteiger partial charge in [0.15, 0.2) is 14.4 Å². The molecule has 0 aromatic heterocycles. The molecule has 0 heterocycles. The quantitative estimate of drug-likeness (QED) is 0.0487. The van der Waals surface area contributed by atoms with Crippen LogP contribution in [0.1, 0.15) is 163 Å². The number of hydrogen-bond donors (Lipinski definition) is 0. The molecule has 0 spiro atoms. The third kappa shape index (κ3) is 30.4. The van der Waals surface area contributed by atoms with Gasteiger partial charge in [0, 0.05) is 12.8 Å². The third-order valence-corrected chi connectivity index (χ3v) is 8.90. The number of esters is 2. The summed E-state index contributed by atoms with van der Waals surface area (Å²) in [6.07, 6.45) is 23.7. The normalized spacial score (nSPS) is 13.4. The van der Waals surface area contributed by atoms with Crippen molar-refractivity contribution in [2.75, 3.05) is 13.2 Å². The van der Waals surface area contributed by atoms with E-state index >= 15 is 0 Å². The monoisotopic (exact) mass is 598 g/mol. The molecule has 0 aliphatic carbocycles. The largest absolute Gasteiger partial charge is 0.462 e. The van der Waals surface area contributed by atoms with Crippen LogP contribution in [0.5, 0.6) is 0 Å². The van der Waals surface area contributed by atoms with E-state index < -0.39 is 14.4 Å². The lowest BCUT2D eigenvalue weighted by Gasteiger charge is -2.23. The van der Waals surface area contributed by atoms with E-state index in [4.69, 9.17) is 13.9 Å². The molecule has 0 N–H and O–H groups in total. The highest BCUT2D eigenvalue weighted by Crippen LogP contribution is 2.16. The van der Waals surface area contributed by atoms with Crippen LogP contribution in [0.3, 0.4) is 0 Å². The molecule has 0 rings (SSSR count). The standard InChI is InChI=1S/C35H70O5Si/c1-8-32(4)26-22-18-14-10-12-16-20-24-28-35(37)40-33(30-39-41(5,6)7)29-38-34(36)27-23-19-15-11-9-13-17-21-25-31(2)3/h31-33H,8-30H2,1-7H3. The van der Waals surface area contributed by atoms with Gasteiger partial charge >= 0.3 is 11.9 Å². The summed E-state index contributed by atoms with van der Waals surface area (Å²) in [5, 5.41) is 0. The molecule has 244 valence electrons. The Balaban J connectivity index is 4.02. The first-order valence-corrected chi connectivity index (χ1v) is 20.9. The number of unbranched alkanes of at least 4 members (excludes halogenated alkanes) is 14. The molecule has 0 aliphatic heterocycles.